The summed E-state index contributed by atoms with van der Waals surface area (Å²) < 4.78 is 0. The highest BCUT2D eigenvalue weighted by atomic mass is 16.4. The van der Waals surface area contributed by atoms with Gasteiger partial charge in [-0.2, -0.15) is 0 Å². The van der Waals surface area contributed by atoms with Gasteiger partial charge in [-0.3, -0.25) is 9.59 Å². The Balaban J connectivity index is 2.97. The van der Waals surface area contributed by atoms with Crippen molar-refractivity contribution in [1.29, 1.82) is 0 Å². The fraction of sp³-hybridized carbons (Fsp3) is 0.357. The van der Waals surface area contributed by atoms with E-state index < -0.39 is 23.9 Å². The standard InChI is InChI=1S/C14H17NO6/c1-7(2)11(6-12(17)18)15-13(19)8-3-9(14(20)21)5-10(16)4-8/h3-5,7,11,16H,6H2,1-2H3,(H,15,19)(H,17,18)(H,20,21). The van der Waals surface area contributed by atoms with E-state index in [4.69, 9.17) is 10.2 Å². The molecule has 1 amide bonds. The van der Waals surface area contributed by atoms with Crippen LogP contribution in [0.1, 0.15) is 41.0 Å². The zero-order valence-corrected chi connectivity index (χ0v) is 11.7. The molecule has 1 aromatic carbocycles. The summed E-state index contributed by atoms with van der Waals surface area (Å²) in [5, 5.41) is 29.7. The van der Waals surface area contributed by atoms with Crippen LogP contribution in [0.25, 0.3) is 0 Å². The lowest BCUT2D eigenvalue weighted by Crippen LogP contribution is -2.40. The van der Waals surface area contributed by atoms with Gasteiger partial charge in [0.1, 0.15) is 5.75 Å². The number of amides is 1. The maximum Gasteiger partial charge on any atom is 0.335 e. The van der Waals surface area contributed by atoms with E-state index in [1.165, 1.54) is 0 Å². The molecule has 1 aromatic rings. The minimum atomic E-state index is -1.27. The Morgan fingerprint density at radius 3 is 2.14 bits per heavy atom. The first-order chi connectivity index (χ1) is 9.70. The van der Waals surface area contributed by atoms with E-state index in [1.54, 1.807) is 13.8 Å². The third-order valence-corrected chi connectivity index (χ3v) is 2.94. The summed E-state index contributed by atoms with van der Waals surface area (Å²) in [5.41, 5.74) is -0.261. The molecule has 0 radical (unpaired) electrons. The number of phenolic OH excluding ortho intramolecular Hbond substituents is 1. The highest BCUT2D eigenvalue weighted by Crippen LogP contribution is 2.17. The second kappa shape index (κ2) is 6.74. The van der Waals surface area contributed by atoms with Crippen LogP contribution in [0.15, 0.2) is 18.2 Å². The van der Waals surface area contributed by atoms with Crippen molar-refractivity contribution in [2.24, 2.45) is 5.92 Å². The number of carboxylic acids is 2. The Bertz CT molecular complexity index is 567. The molecule has 0 aliphatic heterocycles. The van der Waals surface area contributed by atoms with Crippen LogP contribution in [0.4, 0.5) is 0 Å². The molecule has 1 unspecified atom stereocenters. The summed E-state index contributed by atoms with van der Waals surface area (Å²) in [6.07, 6.45) is -0.242. The Hall–Kier alpha value is -2.57. The average molecular weight is 295 g/mol. The fourth-order valence-electron chi connectivity index (χ4n) is 1.76. The monoisotopic (exact) mass is 295 g/mol. The number of carboxylic acid groups (broad SMARTS) is 2. The number of carbonyl (C=O) groups excluding carboxylic acids is 1. The minimum Gasteiger partial charge on any atom is -0.508 e. The van der Waals surface area contributed by atoms with Crippen LogP contribution < -0.4 is 5.32 Å². The number of hydrogen-bond donors (Lipinski definition) is 4. The van der Waals surface area contributed by atoms with Crippen molar-refractivity contribution in [2.75, 3.05) is 0 Å². The lowest BCUT2D eigenvalue weighted by Gasteiger charge is -2.20. The molecular formula is C14H17NO6. The number of rotatable bonds is 6. The van der Waals surface area contributed by atoms with Gasteiger partial charge in [-0.05, 0) is 24.1 Å². The lowest BCUT2D eigenvalue weighted by molar-refractivity contribution is -0.137. The number of aromatic carboxylic acids is 1. The summed E-state index contributed by atoms with van der Waals surface area (Å²) in [7, 11) is 0. The van der Waals surface area contributed by atoms with Crippen molar-refractivity contribution in [3.05, 3.63) is 29.3 Å². The second-order valence-electron chi connectivity index (χ2n) is 5.00. The first-order valence-electron chi connectivity index (χ1n) is 6.30. The number of phenols is 1. The quantitative estimate of drug-likeness (QED) is 0.627. The van der Waals surface area contributed by atoms with Crippen LogP contribution in [0.5, 0.6) is 5.75 Å². The summed E-state index contributed by atoms with van der Waals surface area (Å²) in [4.78, 5) is 33.7. The number of hydrogen-bond acceptors (Lipinski definition) is 4. The van der Waals surface area contributed by atoms with Gasteiger partial charge in [-0.1, -0.05) is 13.8 Å². The van der Waals surface area contributed by atoms with Crippen molar-refractivity contribution in [1.82, 2.24) is 5.32 Å². The van der Waals surface area contributed by atoms with Crippen LogP contribution in [-0.2, 0) is 4.79 Å². The van der Waals surface area contributed by atoms with E-state index in [-0.39, 0.29) is 29.2 Å². The van der Waals surface area contributed by atoms with Crippen LogP contribution in [-0.4, -0.2) is 39.2 Å². The molecule has 4 N–H and O–H groups in total. The van der Waals surface area contributed by atoms with Gasteiger partial charge in [0.15, 0.2) is 0 Å². The molecule has 0 heterocycles. The Morgan fingerprint density at radius 1 is 1.10 bits per heavy atom. The van der Waals surface area contributed by atoms with Crippen molar-refractivity contribution >= 4 is 17.8 Å². The van der Waals surface area contributed by atoms with Gasteiger partial charge in [-0.15, -0.1) is 0 Å². The summed E-state index contributed by atoms with van der Waals surface area (Å²) in [6.45, 7) is 3.53. The third-order valence-electron chi connectivity index (χ3n) is 2.94. The SMILES string of the molecule is CC(C)C(CC(=O)O)NC(=O)c1cc(O)cc(C(=O)O)c1. The predicted molar refractivity (Wildman–Crippen MR) is 73.4 cm³/mol. The van der Waals surface area contributed by atoms with Crippen LogP contribution >= 0.6 is 0 Å². The molecule has 7 nitrogen and oxygen atoms in total. The molecule has 0 bridgehead atoms. The van der Waals surface area contributed by atoms with E-state index >= 15 is 0 Å². The number of aliphatic carboxylic acids is 1. The van der Waals surface area contributed by atoms with Gasteiger partial charge in [0.25, 0.3) is 5.91 Å². The fourth-order valence-corrected chi connectivity index (χ4v) is 1.76. The van der Waals surface area contributed by atoms with Gasteiger partial charge < -0.3 is 20.6 Å². The number of carbonyl (C=O) groups is 3. The van der Waals surface area contributed by atoms with Gasteiger partial charge in [-0.25, -0.2) is 4.79 Å². The normalized spacial score (nSPS) is 12.0. The van der Waals surface area contributed by atoms with E-state index in [0.717, 1.165) is 18.2 Å². The zero-order valence-electron chi connectivity index (χ0n) is 11.7. The maximum atomic E-state index is 12.1. The zero-order chi connectivity index (χ0) is 16.2. The highest BCUT2D eigenvalue weighted by molar-refractivity contribution is 5.98. The van der Waals surface area contributed by atoms with Crippen molar-refractivity contribution < 1.29 is 29.7 Å². The molecule has 0 aromatic heterocycles. The van der Waals surface area contributed by atoms with Crippen LogP contribution in [0.3, 0.4) is 0 Å². The molecule has 21 heavy (non-hydrogen) atoms. The molecule has 0 fully saturated rings. The minimum absolute atomic E-state index is 0.0385. The molecule has 0 aliphatic carbocycles. The van der Waals surface area contributed by atoms with Crippen molar-refractivity contribution in [3.63, 3.8) is 0 Å². The molecule has 7 heteroatoms. The summed E-state index contributed by atoms with van der Waals surface area (Å²) >= 11 is 0. The second-order valence-corrected chi connectivity index (χ2v) is 5.00. The molecule has 0 aliphatic rings. The number of nitrogens with one attached hydrogen (secondary N) is 1. The van der Waals surface area contributed by atoms with Gasteiger partial charge in [0.2, 0.25) is 0 Å². The van der Waals surface area contributed by atoms with Crippen LogP contribution in [0.2, 0.25) is 0 Å². The van der Waals surface area contributed by atoms with Gasteiger partial charge in [0, 0.05) is 11.6 Å². The molecule has 0 saturated heterocycles. The third kappa shape index (κ3) is 4.79. The Morgan fingerprint density at radius 2 is 1.67 bits per heavy atom. The van der Waals surface area contributed by atoms with E-state index in [1.807, 2.05) is 0 Å². The van der Waals surface area contributed by atoms with Gasteiger partial charge in [0.05, 0.1) is 12.0 Å². The van der Waals surface area contributed by atoms with E-state index in [0.29, 0.717) is 0 Å². The largest absolute Gasteiger partial charge is 0.508 e. The smallest absolute Gasteiger partial charge is 0.335 e. The molecule has 1 rings (SSSR count). The molecule has 114 valence electrons. The first-order valence-corrected chi connectivity index (χ1v) is 6.30. The number of benzene rings is 1. The molecular weight excluding hydrogens is 278 g/mol. The Kier molecular flexibility index (Phi) is 5.29. The molecule has 0 saturated carbocycles. The van der Waals surface area contributed by atoms with E-state index in [9.17, 15) is 19.5 Å². The maximum absolute atomic E-state index is 12.1. The summed E-state index contributed by atoms with van der Waals surface area (Å²) in [6, 6.07) is 2.68. The van der Waals surface area contributed by atoms with Crippen LogP contribution in [0, 0.1) is 5.92 Å². The topological polar surface area (TPSA) is 124 Å². The first kappa shape index (κ1) is 16.5. The Labute approximate surface area is 121 Å². The van der Waals surface area contributed by atoms with Crippen molar-refractivity contribution in [2.45, 2.75) is 26.3 Å². The predicted octanol–water partition coefficient (Wildman–Crippen LogP) is 1.32. The lowest BCUT2D eigenvalue weighted by atomic mass is 10.00. The summed E-state index contributed by atoms with van der Waals surface area (Å²) in [5.74, 6) is -3.41. The van der Waals surface area contributed by atoms with Crippen molar-refractivity contribution in [3.8, 4) is 5.75 Å². The molecule has 1 atom stereocenters. The molecule has 0 spiro atoms. The number of aromatic hydroxyl groups is 1. The highest BCUT2D eigenvalue weighted by Gasteiger charge is 2.21. The van der Waals surface area contributed by atoms with E-state index in [2.05, 4.69) is 5.32 Å². The van der Waals surface area contributed by atoms with Gasteiger partial charge >= 0.3 is 11.9 Å². The average Bonchev–Trinajstić information content (AvgIpc) is 2.36.